The van der Waals surface area contributed by atoms with E-state index >= 15 is 28.8 Å². The summed E-state index contributed by atoms with van der Waals surface area (Å²) >= 11 is 14.6. The van der Waals surface area contributed by atoms with Gasteiger partial charge in [-0.2, -0.15) is 0 Å². The van der Waals surface area contributed by atoms with Crippen molar-refractivity contribution in [2.75, 3.05) is 34.2 Å². The molecule has 9 amide bonds. The number of ether oxygens (including phenoxy) is 6. The van der Waals surface area contributed by atoms with Gasteiger partial charge >= 0.3 is 12.2 Å². The number of alkyl carbamates (subject to hydrolysis) is 1. The van der Waals surface area contributed by atoms with Crippen molar-refractivity contribution in [2.24, 2.45) is 17.6 Å². The number of nitrogens with two attached hydrogens (primary N) is 1. The molecule has 8 heterocycles. The third-order valence-electron chi connectivity index (χ3n) is 21.3. The summed E-state index contributed by atoms with van der Waals surface area (Å²) in [4.78, 5) is 152. The van der Waals surface area contributed by atoms with Gasteiger partial charge in [0.05, 0.1) is 53.4 Å². The Labute approximate surface area is 646 Å². The smallest absolute Gasteiger partial charge is 0.410 e. The lowest BCUT2D eigenvalue weighted by Gasteiger charge is -2.46. The summed E-state index contributed by atoms with van der Waals surface area (Å²) in [7, 11) is 3.89. The number of rotatable bonds is 13. The van der Waals surface area contributed by atoms with Crippen LogP contribution in [-0.2, 0) is 58.2 Å². The molecule has 14 rings (SSSR count). The van der Waals surface area contributed by atoms with E-state index in [0.717, 1.165) is 54.3 Å². The normalized spacial score (nSPS) is 28.2. The van der Waals surface area contributed by atoms with Crippen molar-refractivity contribution >= 4 is 82.5 Å². The molecule has 14 atom stereocenters. The Kier molecular flexibility index (Phi) is 22.0. The topological polar surface area (TPSA) is 486 Å². The van der Waals surface area contributed by atoms with Crippen molar-refractivity contribution in [1.29, 1.82) is 0 Å². The van der Waals surface area contributed by atoms with Crippen LogP contribution in [0.5, 0.6) is 46.0 Å². The number of carbonyl (C=O) groups is 10. The molecule has 594 valence electrons. The molecule has 0 radical (unpaired) electrons. The largest absolute Gasteiger partial charge is 0.508 e. The Balaban J connectivity index is 1.09. The molecule has 16 N–H and O–H groups in total. The van der Waals surface area contributed by atoms with Crippen molar-refractivity contribution in [3.63, 3.8) is 0 Å². The molecule has 8 aliphatic heterocycles. The summed E-state index contributed by atoms with van der Waals surface area (Å²) in [5.74, 6) is -15.5. The number of nitrogens with one attached hydrogen (secondary N) is 8. The lowest BCUT2D eigenvalue weighted by atomic mass is 9.80. The van der Waals surface area contributed by atoms with E-state index < -0.39 is 202 Å². The molecule has 33 nitrogen and oxygen atoms in total. The van der Waals surface area contributed by atoms with Gasteiger partial charge in [-0.25, -0.2) is 9.59 Å². The number of hydrogen-bond acceptors (Lipinski definition) is 24. The number of ketones is 1. The zero-order chi connectivity index (χ0) is 80.6. The van der Waals surface area contributed by atoms with E-state index in [1.165, 1.54) is 75.7 Å². The number of benzene rings is 5. The quantitative estimate of drug-likeness (QED) is 0.0557. The number of halogens is 2. The Morgan fingerprint density at radius 1 is 0.820 bits per heavy atom. The van der Waals surface area contributed by atoms with Crippen LogP contribution in [0, 0.1) is 11.8 Å². The summed E-state index contributed by atoms with van der Waals surface area (Å²) < 4.78 is 37.2. The molecule has 5 aromatic carbocycles. The number of primary amides is 1. The highest BCUT2D eigenvalue weighted by Gasteiger charge is 2.65. The van der Waals surface area contributed by atoms with Gasteiger partial charge in [0.1, 0.15) is 69.8 Å². The molecule has 11 bridgehead atoms. The van der Waals surface area contributed by atoms with Gasteiger partial charge in [0, 0.05) is 50.3 Å². The van der Waals surface area contributed by atoms with E-state index in [-0.39, 0.29) is 92.0 Å². The second kappa shape index (κ2) is 30.4. The first-order valence-electron chi connectivity index (χ1n) is 36.1. The molecule has 35 heteroatoms. The van der Waals surface area contributed by atoms with E-state index in [2.05, 4.69) is 42.5 Å². The Bertz CT molecular complexity index is 4630. The number of aromatic hydroxyl groups is 3. The van der Waals surface area contributed by atoms with E-state index in [0.29, 0.717) is 12.8 Å². The van der Waals surface area contributed by atoms with Crippen LogP contribution in [0.4, 0.5) is 9.59 Å². The molecule has 3 saturated heterocycles. The van der Waals surface area contributed by atoms with Crippen molar-refractivity contribution in [2.45, 2.75) is 182 Å². The number of nitrogens with zero attached hydrogens (tertiary/aromatic N) is 2. The summed E-state index contributed by atoms with van der Waals surface area (Å²) in [6, 6.07) is 10.6. The van der Waals surface area contributed by atoms with E-state index in [4.69, 9.17) is 57.4 Å². The summed E-state index contributed by atoms with van der Waals surface area (Å²) in [5.41, 5.74) is -6.32. The number of amides is 9. The first-order chi connectivity index (χ1) is 52.1. The number of Topliss-reactive ketones (excluding diaryl/α,β-unsaturated/α-hetero) is 1. The highest BCUT2D eigenvalue weighted by Crippen LogP contribution is 2.53. The van der Waals surface area contributed by atoms with Crippen molar-refractivity contribution in [3.05, 3.63) is 117 Å². The molecular weight excluding hydrogens is 1490 g/mol. The van der Waals surface area contributed by atoms with Gasteiger partial charge in [-0.05, 0) is 156 Å². The van der Waals surface area contributed by atoms with Crippen molar-refractivity contribution in [1.82, 2.24) is 52.3 Å². The SMILES string of the molecule is CNC1(NC(=O)C(CC(C)C)CN(C)C(=O)OC(C)(C)C)C(=O)NC(C)(CC(N)=O)C(=O)NC2C(=O)NC3CC(=O)N(C)C4(NC4c4ccc(c(Cl)c4)Oc4cc2cc(c4OC2OC4CNC(=O)OC4C(O)C2O)Oc2ccc(cc2Cl)C1(C)O)C(=O)CC(C(=O)NC1CCC1)c1cc(O)cc(O)c1-c1cc3ccc1O. The summed E-state index contributed by atoms with van der Waals surface area (Å²) in [6.07, 6.45) is -10.9. The highest BCUT2D eigenvalue weighted by molar-refractivity contribution is 6.32. The minimum absolute atomic E-state index is 0.0186. The van der Waals surface area contributed by atoms with Crippen LogP contribution >= 0.6 is 23.2 Å². The zero-order valence-electron chi connectivity index (χ0n) is 62.2. The van der Waals surface area contributed by atoms with Crippen LogP contribution in [0.1, 0.15) is 145 Å². The fraction of sp³-hybridized carbons (Fsp3) is 0.474. The second-order valence-corrected chi connectivity index (χ2v) is 31.8. The number of aliphatic hydroxyl groups is 3. The number of hydrogen-bond donors (Lipinski definition) is 15. The predicted molar refractivity (Wildman–Crippen MR) is 394 cm³/mol. The number of phenols is 3. The van der Waals surface area contributed by atoms with Gasteiger partial charge in [-0.15, -0.1) is 0 Å². The van der Waals surface area contributed by atoms with Gasteiger partial charge in [0.15, 0.2) is 29.0 Å². The maximum Gasteiger partial charge on any atom is 0.410 e. The Morgan fingerprint density at radius 3 is 2.11 bits per heavy atom. The number of aliphatic hydroxyl groups excluding tert-OH is 2. The van der Waals surface area contributed by atoms with Crippen LogP contribution in [0.3, 0.4) is 0 Å². The molecule has 14 unspecified atom stereocenters. The first kappa shape index (κ1) is 80.3. The molecular formula is C76H89Cl2N11O22. The zero-order valence-corrected chi connectivity index (χ0v) is 63.8. The van der Waals surface area contributed by atoms with Gasteiger partial charge in [0.2, 0.25) is 53.1 Å². The maximum atomic E-state index is 16.5. The molecule has 1 spiro atoms. The molecule has 9 aliphatic rings. The summed E-state index contributed by atoms with van der Waals surface area (Å²) in [6.45, 7) is 10.1. The maximum absolute atomic E-state index is 16.5. The fourth-order valence-corrected chi connectivity index (χ4v) is 15.5. The minimum Gasteiger partial charge on any atom is -0.508 e. The average molecular weight is 1580 g/mol. The lowest BCUT2D eigenvalue weighted by molar-refractivity contribution is -0.275. The minimum atomic E-state index is -2.88. The van der Waals surface area contributed by atoms with Crippen molar-refractivity contribution in [3.8, 4) is 57.1 Å². The van der Waals surface area contributed by atoms with Gasteiger partial charge in [0.25, 0.3) is 5.91 Å². The van der Waals surface area contributed by atoms with E-state index in [9.17, 15) is 49.8 Å². The standard InChI is InChI=1S/C76H89Cl2N11O22/c1-33(2)20-37(32-88(9)71(104)111-72(3,4)5)64(98)86-76(80-8)69(102)87-73(6,30-55(79)94)68(101)84-58-36-23-51(61(52(24-36)107-50-19-16-38(25-45(50)78)74(76,7)105)109-67-60(97)59(96)62-53(108-67)31-81-70(103)110-62)106-49-18-15-35(22-44(49)77)63-75(85-63)54(93)28-42(65(99)82-39-12-11-13-39)41-26-40(90)27-48(92)57(41)43-21-34(14-17-47(43)91)46(83-66(58)100)29-56(95)89(75)10/h14-19,21-27,33,37,39,42,46,53,58-60,62-63,67,80,85,90-92,96-97,105H,11-13,20,28-32H2,1-10H3,(H2,79,94)(H,81,103)(H,82,99)(H,83,100)(H,84,101)(H,86,98)(H,87,102). The molecule has 0 aromatic heterocycles. The van der Waals surface area contributed by atoms with Gasteiger partial charge in [-0.1, -0.05) is 55.2 Å². The van der Waals surface area contributed by atoms with Crippen LogP contribution in [0.15, 0.2) is 78.9 Å². The first-order valence-corrected chi connectivity index (χ1v) is 36.8. The average Bonchev–Trinajstić information content (AvgIpc) is 1.68. The Morgan fingerprint density at radius 2 is 1.49 bits per heavy atom. The van der Waals surface area contributed by atoms with Crippen LogP contribution < -0.4 is 62.5 Å². The Hall–Kier alpha value is -10.3. The van der Waals surface area contributed by atoms with Crippen LogP contribution in [0.2, 0.25) is 10.0 Å². The number of phenolic OH excluding ortho intramolecular Hbond substituents is 3. The van der Waals surface area contributed by atoms with Gasteiger partial charge in [-0.3, -0.25) is 49.0 Å². The molecule has 4 fully saturated rings. The number of carbonyl (C=O) groups excluding carboxylic acids is 10. The fourth-order valence-electron chi connectivity index (χ4n) is 15.0. The summed E-state index contributed by atoms with van der Waals surface area (Å²) in [5, 5.41) is 93.9. The number of fused-ring (bicyclic) bond motifs is 16. The number of likely N-dealkylation sites (N-methyl/N-ethyl adjacent to an activating group) is 2. The second-order valence-electron chi connectivity index (χ2n) is 30.9. The van der Waals surface area contributed by atoms with Gasteiger partial charge < -0.3 is 106 Å². The lowest BCUT2D eigenvalue weighted by Crippen LogP contribution is -2.78. The molecule has 1 saturated carbocycles. The third-order valence-corrected chi connectivity index (χ3v) is 21.9. The van der Waals surface area contributed by atoms with Crippen LogP contribution in [-0.4, -0.2) is 193 Å². The molecule has 5 aromatic rings. The predicted octanol–water partition coefficient (Wildman–Crippen LogP) is 4.77. The van der Waals surface area contributed by atoms with Crippen LogP contribution in [0.25, 0.3) is 11.1 Å². The van der Waals surface area contributed by atoms with E-state index in [1.807, 2.05) is 0 Å². The monoisotopic (exact) mass is 1580 g/mol. The van der Waals surface area contributed by atoms with E-state index in [1.54, 1.807) is 34.6 Å². The highest BCUT2D eigenvalue weighted by atomic mass is 35.5. The van der Waals surface area contributed by atoms with Crippen molar-refractivity contribution < 1.29 is 107 Å². The molecule has 1 aliphatic carbocycles. The third kappa shape index (κ3) is 15.7. The molecule has 111 heavy (non-hydrogen) atoms.